The summed E-state index contributed by atoms with van der Waals surface area (Å²) in [6, 6.07) is 15.1. The first-order chi connectivity index (χ1) is 15.5. The van der Waals surface area contributed by atoms with Gasteiger partial charge in [0.1, 0.15) is 12.6 Å². The molecule has 2 fully saturated rings. The maximum absolute atomic E-state index is 12.3. The number of ether oxygens (including phenoxy) is 1. The van der Waals surface area contributed by atoms with E-state index in [1.54, 1.807) is 0 Å². The average molecular weight is 434 g/mol. The van der Waals surface area contributed by atoms with Crippen LogP contribution < -0.4 is 0 Å². The van der Waals surface area contributed by atoms with Gasteiger partial charge in [-0.05, 0) is 42.3 Å². The van der Waals surface area contributed by atoms with Crippen LogP contribution in [0.25, 0.3) is 0 Å². The van der Waals surface area contributed by atoms with E-state index >= 15 is 0 Å². The fourth-order valence-corrected chi connectivity index (χ4v) is 3.80. The van der Waals surface area contributed by atoms with E-state index in [0.29, 0.717) is 11.6 Å². The Morgan fingerprint density at radius 3 is 2.00 bits per heavy atom. The van der Waals surface area contributed by atoms with Crippen molar-refractivity contribution in [2.24, 2.45) is 0 Å². The topological polar surface area (TPSA) is 73.3 Å². The Labute approximate surface area is 188 Å². The Kier molecular flexibility index (Phi) is 6.86. The number of carbonyl (C=O) groups is 2. The lowest BCUT2D eigenvalue weighted by atomic mass is 10.1. The molecule has 4 rings (SSSR count). The molecule has 2 heterocycles. The first kappa shape index (κ1) is 22.0. The largest absolute Gasteiger partial charge is 0.379 e. The number of benzene rings is 2. The molecule has 1 N–H and O–H groups in total. The van der Waals surface area contributed by atoms with Crippen molar-refractivity contribution >= 4 is 11.8 Å². The lowest BCUT2D eigenvalue weighted by Crippen LogP contribution is -2.57. The predicted molar refractivity (Wildman–Crippen MR) is 118 cm³/mol. The Balaban J connectivity index is 1.34. The molecular weight excluding hydrogens is 406 g/mol. The second-order valence-electron chi connectivity index (χ2n) is 8.14. The van der Waals surface area contributed by atoms with Gasteiger partial charge in [-0.3, -0.25) is 19.7 Å². The van der Waals surface area contributed by atoms with Gasteiger partial charge in [-0.25, -0.2) is 5.06 Å². The molecule has 7 heteroatoms. The molecule has 2 saturated heterocycles. The van der Waals surface area contributed by atoms with E-state index < -0.39 is 11.9 Å². The highest BCUT2D eigenvalue weighted by molar-refractivity contribution is 5.93. The number of carbonyl (C=O) groups excluding carboxylic acids is 2. The van der Waals surface area contributed by atoms with Gasteiger partial charge in [-0.15, -0.1) is 0 Å². The van der Waals surface area contributed by atoms with Crippen LogP contribution in [0.4, 0.5) is 0 Å². The minimum atomic E-state index is -0.860. The molecule has 2 aliphatic heterocycles. The third-order valence-electron chi connectivity index (χ3n) is 5.76. The van der Waals surface area contributed by atoms with Gasteiger partial charge in [0.25, 0.3) is 5.91 Å². The maximum Gasteiger partial charge on any atom is 0.266 e. The van der Waals surface area contributed by atoms with Crippen molar-refractivity contribution in [3.8, 4) is 11.8 Å². The van der Waals surface area contributed by atoms with E-state index in [1.807, 2.05) is 36.4 Å². The first-order valence-electron chi connectivity index (χ1n) is 10.8. The van der Waals surface area contributed by atoms with E-state index in [-0.39, 0.29) is 12.5 Å². The fraction of sp³-hybridized carbons (Fsp3) is 0.360. The van der Waals surface area contributed by atoms with Crippen molar-refractivity contribution in [1.29, 1.82) is 0 Å². The smallest absolute Gasteiger partial charge is 0.266 e. The number of hydroxylamine groups is 2. The van der Waals surface area contributed by atoms with Crippen LogP contribution in [-0.2, 0) is 27.4 Å². The van der Waals surface area contributed by atoms with E-state index in [4.69, 9.17) is 4.74 Å². The number of piperazine rings is 1. The predicted octanol–water partition coefficient (Wildman–Crippen LogP) is 1.87. The Bertz CT molecular complexity index is 1020. The molecule has 0 saturated carbocycles. The molecular formula is C25H27N3O4. The SMILES string of the molecule is CC1C(=O)N(Cc2ccc(C#Cc3ccc(CN4CCOCC4)cc3)cc2)CC(=O)N1O. The van der Waals surface area contributed by atoms with Gasteiger partial charge in [0, 0.05) is 37.3 Å². The quantitative estimate of drug-likeness (QED) is 0.589. The van der Waals surface area contributed by atoms with Gasteiger partial charge >= 0.3 is 0 Å². The van der Waals surface area contributed by atoms with Crippen LogP contribution in [0.2, 0.25) is 0 Å². The van der Waals surface area contributed by atoms with E-state index in [0.717, 1.165) is 49.5 Å². The van der Waals surface area contributed by atoms with E-state index in [2.05, 4.69) is 28.9 Å². The average Bonchev–Trinajstić information content (AvgIpc) is 2.82. The van der Waals surface area contributed by atoms with Crippen molar-refractivity contribution in [3.63, 3.8) is 0 Å². The summed E-state index contributed by atoms with van der Waals surface area (Å²) in [5, 5.41) is 10.1. The minimum absolute atomic E-state index is 0.122. The second-order valence-corrected chi connectivity index (χ2v) is 8.14. The van der Waals surface area contributed by atoms with Gasteiger partial charge in [-0.1, -0.05) is 36.1 Å². The van der Waals surface area contributed by atoms with Crippen molar-refractivity contribution in [3.05, 3.63) is 70.8 Å². The van der Waals surface area contributed by atoms with Crippen LogP contribution in [-0.4, -0.2) is 70.8 Å². The Morgan fingerprint density at radius 1 is 0.906 bits per heavy atom. The Hall–Kier alpha value is -3.18. The van der Waals surface area contributed by atoms with Gasteiger partial charge in [-0.2, -0.15) is 0 Å². The molecule has 1 unspecified atom stereocenters. The summed E-state index contributed by atoms with van der Waals surface area (Å²) in [5.74, 6) is 5.61. The summed E-state index contributed by atoms with van der Waals surface area (Å²) in [6.45, 7) is 6.19. The first-order valence-corrected chi connectivity index (χ1v) is 10.8. The molecule has 0 aromatic heterocycles. The number of hydrogen-bond acceptors (Lipinski definition) is 5. The van der Waals surface area contributed by atoms with Gasteiger partial charge in [0.2, 0.25) is 5.91 Å². The van der Waals surface area contributed by atoms with Gasteiger partial charge in [0.05, 0.1) is 13.2 Å². The summed E-state index contributed by atoms with van der Waals surface area (Å²) in [6.07, 6.45) is 0. The molecule has 1 atom stereocenters. The molecule has 0 bridgehead atoms. The normalized spacial score (nSPS) is 19.6. The number of rotatable bonds is 4. The van der Waals surface area contributed by atoms with Crippen LogP contribution in [0, 0.1) is 11.8 Å². The van der Waals surface area contributed by atoms with Crippen molar-refractivity contribution in [2.45, 2.75) is 26.1 Å². The Morgan fingerprint density at radius 2 is 1.44 bits per heavy atom. The lowest BCUT2D eigenvalue weighted by Gasteiger charge is -2.34. The zero-order chi connectivity index (χ0) is 22.5. The molecule has 0 aliphatic carbocycles. The molecule has 7 nitrogen and oxygen atoms in total. The van der Waals surface area contributed by atoms with E-state index in [1.165, 1.54) is 17.4 Å². The zero-order valence-corrected chi connectivity index (χ0v) is 18.2. The summed E-state index contributed by atoms with van der Waals surface area (Å²) >= 11 is 0. The second kappa shape index (κ2) is 9.96. The molecule has 0 radical (unpaired) electrons. The number of morpholine rings is 1. The third kappa shape index (κ3) is 5.35. The maximum atomic E-state index is 12.3. The number of amides is 2. The monoisotopic (exact) mass is 433 g/mol. The van der Waals surface area contributed by atoms with Crippen molar-refractivity contribution < 1.29 is 19.5 Å². The number of nitrogens with zero attached hydrogens (tertiary/aromatic N) is 3. The number of hydrogen-bond donors (Lipinski definition) is 1. The highest BCUT2D eigenvalue weighted by Crippen LogP contribution is 2.15. The van der Waals surface area contributed by atoms with Crippen molar-refractivity contribution in [1.82, 2.24) is 14.9 Å². The van der Waals surface area contributed by atoms with Crippen LogP contribution in [0.1, 0.15) is 29.2 Å². The third-order valence-corrected chi connectivity index (χ3v) is 5.76. The van der Waals surface area contributed by atoms with Crippen LogP contribution >= 0.6 is 0 Å². The van der Waals surface area contributed by atoms with Crippen LogP contribution in [0.15, 0.2) is 48.5 Å². The summed E-state index contributed by atoms with van der Waals surface area (Å²) in [4.78, 5) is 27.9. The summed E-state index contributed by atoms with van der Waals surface area (Å²) in [5.41, 5.74) is 4.01. The van der Waals surface area contributed by atoms with Gasteiger partial charge in [0.15, 0.2) is 0 Å². The van der Waals surface area contributed by atoms with E-state index in [9.17, 15) is 14.8 Å². The molecule has 0 spiro atoms. The molecule has 32 heavy (non-hydrogen) atoms. The summed E-state index contributed by atoms with van der Waals surface area (Å²) < 4.78 is 5.39. The highest BCUT2D eigenvalue weighted by Gasteiger charge is 2.35. The van der Waals surface area contributed by atoms with Gasteiger partial charge < -0.3 is 9.64 Å². The molecule has 2 amide bonds. The van der Waals surface area contributed by atoms with Crippen LogP contribution in [0.3, 0.4) is 0 Å². The van der Waals surface area contributed by atoms with Crippen LogP contribution in [0.5, 0.6) is 0 Å². The molecule has 2 aromatic rings. The molecule has 2 aliphatic rings. The molecule has 2 aromatic carbocycles. The van der Waals surface area contributed by atoms with Crippen molar-refractivity contribution in [2.75, 3.05) is 32.8 Å². The lowest BCUT2D eigenvalue weighted by molar-refractivity contribution is -0.192. The fourth-order valence-electron chi connectivity index (χ4n) is 3.80. The summed E-state index contributed by atoms with van der Waals surface area (Å²) in [7, 11) is 0. The minimum Gasteiger partial charge on any atom is -0.379 e. The zero-order valence-electron chi connectivity index (χ0n) is 18.2. The standard InChI is InChI=1S/C25H27N3O4/c1-19-25(30)27(18-24(29)28(19)31)17-23-10-6-21(7-11-23)3-2-20-4-8-22(9-5-20)16-26-12-14-32-15-13-26/h4-11,19,31H,12-18H2,1H3. The highest BCUT2D eigenvalue weighted by atomic mass is 16.5. The molecule has 166 valence electrons.